The average molecular weight is 396 g/mol. The summed E-state index contributed by atoms with van der Waals surface area (Å²) < 4.78 is 0. The monoisotopic (exact) mass is 395 g/mol. The number of hydrogen-bond acceptors (Lipinski definition) is 4. The second-order valence-electron chi connectivity index (χ2n) is 7.16. The van der Waals surface area contributed by atoms with Crippen LogP contribution in [0.5, 0.6) is 0 Å². The molecule has 2 amide bonds. The maximum Gasteiger partial charge on any atom is 0.312 e. The van der Waals surface area contributed by atoms with E-state index in [0.717, 1.165) is 0 Å². The molecule has 1 aliphatic rings. The molecule has 1 saturated heterocycles. The van der Waals surface area contributed by atoms with Crippen LogP contribution in [0.1, 0.15) is 24.1 Å². The van der Waals surface area contributed by atoms with E-state index < -0.39 is 11.8 Å². The molecule has 1 aliphatic heterocycles. The molecule has 154 valence electrons. The van der Waals surface area contributed by atoms with Crippen LogP contribution < -0.4 is 0 Å². The van der Waals surface area contributed by atoms with Crippen molar-refractivity contribution in [2.24, 2.45) is 0 Å². The quantitative estimate of drug-likeness (QED) is 0.757. The first kappa shape index (κ1) is 21.0. The van der Waals surface area contributed by atoms with E-state index in [9.17, 15) is 9.59 Å². The van der Waals surface area contributed by atoms with Crippen LogP contribution in [-0.2, 0) is 9.59 Å². The smallest absolute Gasteiger partial charge is 0.312 e. The van der Waals surface area contributed by atoms with Gasteiger partial charge >= 0.3 is 11.8 Å². The molecule has 0 atom stereocenters. The molecular weight excluding hydrogens is 366 g/mol. The van der Waals surface area contributed by atoms with E-state index in [2.05, 4.69) is 29.2 Å². The number of piperazine rings is 1. The minimum absolute atomic E-state index is 0.117. The number of amides is 2. The van der Waals surface area contributed by atoms with Gasteiger partial charge in [0.25, 0.3) is 0 Å². The Morgan fingerprint density at radius 3 is 1.90 bits per heavy atom. The van der Waals surface area contributed by atoms with Crippen molar-refractivity contribution in [1.29, 1.82) is 0 Å². The zero-order chi connectivity index (χ0) is 20.6. The molecule has 2 aromatic carbocycles. The van der Waals surface area contributed by atoms with Crippen LogP contribution >= 0.6 is 0 Å². The number of aliphatic hydroxyl groups excluding tert-OH is 1. The summed E-state index contributed by atoms with van der Waals surface area (Å²) in [7, 11) is 0. The third kappa shape index (κ3) is 5.02. The molecule has 0 unspecified atom stereocenters. The molecule has 1 fully saturated rings. The molecule has 2 aromatic rings. The lowest BCUT2D eigenvalue weighted by Crippen LogP contribution is -2.54. The first-order chi connectivity index (χ1) is 14.2. The summed E-state index contributed by atoms with van der Waals surface area (Å²) in [4.78, 5) is 30.4. The number of likely N-dealkylation sites (N-methyl/N-ethyl adjacent to an activating group) is 1. The predicted molar refractivity (Wildman–Crippen MR) is 112 cm³/mol. The van der Waals surface area contributed by atoms with Gasteiger partial charge in [-0.3, -0.25) is 14.5 Å². The van der Waals surface area contributed by atoms with Crippen molar-refractivity contribution < 1.29 is 14.7 Å². The van der Waals surface area contributed by atoms with E-state index in [-0.39, 0.29) is 19.2 Å². The number of carbonyl (C=O) groups excluding carboxylic acids is 2. The Hall–Kier alpha value is -2.70. The Morgan fingerprint density at radius 2 is 1.45 bits per heavy atom. The van der Waals surface area contributed by atoms with Crippen LogP contribution in [0.15, 0.2) is 60.7 Å². The molecule has 0 spiro atoms. The maximum absolute atomic E-state index is 12.6. The fraction of sp³-hybridized carbons (Fsp3) is 0.391. The van der Waals surface area contributed by atoms with E-state index in [1.54, 1.807) is 4.90 Å². The number of benzene rings is 2. The van der Waals surface area contributed by atoms with Crippen molar-refractivity contribution in [3.63, 3.8) is 0 Å². The number of hydrogen-bond donors (Lipinski definition) is 1. The van der Waals surface area contributed by atoms with Gasteiger partial charge in [-0.1, -0.05) is 60.7 Å². The summed E-state index contributed by atoms with van der Waals surface area (Å²) in [6.07, 6.45) is 0. The second kappa shape index (κ2) is 10.2. The van der Waals surface area contributed by atoms with Gasteiger partial charge < -0.3 is 14.9 Å². The van der Waals surface area contributed by atoms with Crippen LogP contribution in [0.2, 0.25) is 0 Å². The SMILES string of the molecule is CCN(CCO)C(=O)C(=O)N1CCN(C(c2ccccc2)c2ccccc2)CC1. The Kier molecular flexibility index (Phi) is 7.38. The van der Waals surface area contributed by atoms with Gasteiger partial charge in [0.05, 0.1) is 12.6 Å². The summed E-state index contributed by atoms with van der Waals surface area (Å²) in [5.41, 5.74) is 2.43. The molecule has 0 radical (unpaired) electrons. The molecule has 1 N–H and O–H groups in total. The Bertz CT molecular complexity index is 750. The van der Waals surface area contributed by atoms with E-state index in [4.69, 9.17) is 5.11 Å². The summed E-state index contributed by atoms with van der Waals surface area (Å²) >= 11 is 0. The van der Waals surface area contributed by atoms with Crippen molar-refractivity contribution in [3.05, 3.63) is 71.8 Å². The minimum Gasteiger partial charge on any atom is -0.395 e. The molecule has 6 nitrogen and oxygen atoms in total. The Morgan fingerprint density at radius 1 is 0.931 bits per heavy atom. The van der Waals surface area contributed by atoms with Crippen molar-refractivity contribution in [1.82, 2.24) is 14.7 Å². The fourth-order valence-electron chi connectivity index (χ4n) is 3.86. The molecular formula is C23H29N3O3. The highest BCUT2D eigenvalue weighted by molar-refractivity contribution is 6.34. The van der Waals surface area contributed by atoms with Crippen molar-refractivity contribution >= 4 is 11.8 Å². The summed E-state index contributed by atoms with van der Waals surface area (Å²) in [6.45, 7) is 4.67. The molecule has 6 heteroatoms. The van der Waals surface area contributed by atoms with E-state index in [1.165, 1.54) is 16.0 Å². The van der Waals surface area contributed by atoms with Gasteiger partial charge in [0.15, 0.2) is 0 Å². The highest BCUT2D eigenvalue weighted by Gasteiger charge is 2.31. The zero-order valence-corrected chi connectivity index (χ0v) is 16.9. The van der Waals surface area contributed by atoms with Gasteiger partial charge in [-0.15, -0.1) is 0 Å². The van der Waals surface area contributed by atoms with Gasteiger partial charge in [0, 0.05) is 39.3 Å². The molecule has 29 heavy (non-hydrogen) atoms. The zero-order valence-electron chi connectivity index (χ0n) is 16.9. The molecule has 0 aromatic heterocycles. The predicted octanol–water partition coefficient (Wildman–Crippen LogP) is 1.76. The molecule has 0 saturated carbocycles. The molecule has 0 bridgehead atoms. The first-order valence-corrected chi connectivity index (χ1v) is 10.2. The number of nitrogens with zero attached hydrogens (tertiary/aromatic N) is 3. The Balaban J connectivity index is 1.71. The largest absolute Gasteiger partial charge is 0.395 e. The Labute approximate surface area is 172 Å². The fourth-order valence-corrected chi connectivity index (χ4v) is 3.86. The number of rotatable bonds is 6. The van der Waals surface area contributed by atoms with Crippen LogP contribution in [0.3, 0.4) is 0 Å². The highest BCUT2D eigenvalue weighted by Crippen LogP contribution is 2.29. The number of carbonyl (C=O) groups is 2. The van der Waals surface area contributed by atoms with Crippen LogP contribution in [0, 0.1) is 0 Å². The molecule has 3 rings (SSSR count). The molecule has 1 heterocycles. The van der Waals surface area contributed by atoms with Gasteiger partial charge in [0.2, 0.25) is 0 Å². The third-order valence-corrected chi connectivity index (χ3v) is 5.42. The van der Waals surface area contributed by atoms with Crippen molar-refractivity contribution in [2.45, 2.75) is 13.0 Å². The van der Waals surface area contributed by atoms with Gasteiger partial charge in [-0.05, 0) is 18.1 Å². The standard InChI is InChI=1S/C23H29N3O3/c1-2-24(17-18-27)22(28)23(29)26-15-13-25(14-16-26)21(19-9-5-3-6-10-19)20-11-7-4-8-12-20/h3-12,21,27H,2,13-18H2,1H3. The average Bonchev–Trinajstić information content (AvgIpc) is 2.78. The van der Waals surface area contributed by atoms with E-state index in [0.29, 0.717) is 32.7 Å². The molecule has 0 aliphatic carbocycles. The summed E-state index contributed by atoms with van der Waals surface area (Å²) in [6, 6.07) is 20.9. The lowest BCUT2D eigenvalue weighted by atomic mass is 9.96. The number of aliphatic hydroxyl groups is 1. The summed E-state index contributed by atoms with van der Waals surface area (Å²) in [5, 5.41) is 9.10. The van der Waals surface area contributed by atoms with Crippen LogP contribution in [0.4, 0.5) is 0 Å². The minimum atomic E-state index is -0.530. The van der Waals surface area contributed by atoms with Crippen molar-refractivity contribution in [2.75, 3.05) is 45.9 Å². The van der Waals surface area contributed by atoms with E-state index >= 15 is 0 Å². The van der Waals surface area contributed by atoms with Gasteiger partial charge in [-0.2, -0.15) is 0 Å². The van der Waals surface area contributed by atoms with Crippen LogP contribution in [-0.4, -0.2) is 77.5 Å². The topological polar surface area (TPSA) is 64.1 Å². The lowest BCUT2D eigenvalue weighted by Gasteiger charge is -2.40. The second-order valence-corrected chi connectivity index (χ2v) is 7.16. The summed E-state index contributed by atoms with van der Waals surface area (Å²) in [5.74, 6) is -1.01. The highest BCUT2D eigenvalue weighted by atomic mass is 16.3. The third-order valence-electron chi connectivity index (χ3n) is 5.42. The van der Waals surface area contributed by atoms with E-state index in [1.807, 2.05) is 43.3 Å². The van der Waals surface area contributed by atoms with Gasteiger partial charge in [-0.25, -0.2) is 0 Å². The van der Waals surface area contributed by atoms with Gasteiger partial charge in [0.1, 0.15) is 0 Å². The first-order valence-electron chi connectivity index (χ1n) is 10.2. The lowest BCUT2D eigenvalue weighted by molar-refractivity contribution is -0.153. The van der Waals surface area contributed by atoms with Crippen LogP contribution in [0.25, 0.3) is 0 Å². The maximum atomic E-state index is 12.6. The van der Waals surface area contributed by atoms with Crippen molar-refractivity contribution in [3.8, 4) is 0 Å². The normalized spacial score (nSPS) is 14.8.